The van der Waals surface area contributed by atoms with E-state index >= 15 is 0 Å². The Labute approximate surface area is 124 Å². The number of hydrogen-bond acceptors (Lipinski definition) is 4. The summed E-state index contributed by atoms with van der Waals surface area (Å²) in [6.45, 7) is 4.97. The lowest BCUT2D eigenvalue weighted by atomic mass is 10.2. The number of β-amino-alcohol motifs (C(OH)–C–C–N with tert-alkyl or cyclic N) is 1. The summed E-state index contributed by atoms with van der Waals surface area (Å²) in [5.74, 6) is 0.117. The van der Waals surface area contributed by atoms with Gasteiger partial charge in [0.15, 0.2) is 0 Å². The molecule has 3 rings (SSSR count). The van der Waals surface area contributed by atoms with Gasteiger partial charge in [-0.3, -0.25) is 19.2 Å². The van der Waals surface area contributed by atoms with Gasteiger partial charge in [0.2, 0.25) is 5.91 Å². The number of aromatic nitrogens is 1. The van der Waals surface area contributed by atoms with Gasteiger partial charge in [-0.15, -0.1) is 0 Å². The quantitative estimate of drug-likeness (QED) is 0.907. The number of fused-ring (bicyclic) bond motifs is 1. The number of rotatable bonds is 4. The number of aliphatic hydroxyl groups is 1. The lowest BCUT2D eigenvalue weighted by Gasteiger charge is -2.33. The van der Waals surface area contributed by atoms with Crippen molar-refractivity contribution < 1.29 is 9.90 Å². The topological polar surface area (TPSA) is 48.7 Å². The maximum Gasteiger partial charge on any atom is 0.245 e. The fourth-order valence-corrected chi connectivity index (χ4v) is 2.88. The van der Waals surface area contributed by atoms with Gasteiger partial charge in [0, 0.05) is 44.3 Å². The van der Waals surface area contributed by atoms with Crippen LogP contribution in [0.1, 0.15) is 4.79 Å². The van der Waals surface area contributed by atoms with E-state index in [1.807, 2.05) is 36.5 Å². The van der Waals surface area contributed by atoms with Crippen LogP contribution in [-0.4, -0.2) is 71.3 Å². The number of hydrogen-bond donors (Lipinski definition) is 1. The summed E-state index contributed by atoms with van der Waals surface area (Å²) in [6, 6.07) is 9.92. The SMILES string of the molecule is O=C(CN1CCN(CCO)CC1)n1ccc2ccccc21. The average molecular weight is 287 g/mol. The van der Waals surface area contributed by atoms with E-state index in [9.17, 15) is 4.79 Å². The number of para-hydroxylation sites is 1. The van der Waals surface area contributed by atoms with Crippen molar-refractivity contribution in [2.75, 3.05) is 45.9 Å². The predicted molar refractivity (Wildman–Crippen MR) is 82.5 cm³/mol. The molecule has 0 aliphatic carbocycles. The average Bonchev–Trinajstić information content (AvgIpc) is 2.93. The lowest BCUT2D eigenvalue weighted by molar-refractivity contribution is 0.0756. The van der Waals surface area contributed by atoms with Gasteiger partial charge >= 0.3 is 0 Å². The van der Waals surface area contributed by atoms with Crippen molar-refractivity contribution in [1.82, 2.24) is 14.4 Å². The zero-order valence-electron chi connectivity index (χ0n) is 12.1. The van der Waals surface area contributed by atoms with Gasteiger partial charge in [-0.05, 0) is 12.1 Å². The first-order chi connectivity index (χ1) is 10.3. The van der Waals surface area contributed by atoms with E-state index in [1.165, 1.54) is 0 Å². The molecule has 2 aromatic rings. The maximum atomic E-state index is 12.5. The maximum absolute atomic E-state index is 12.5. The molecule has 1 saturated heterocycles. The highest BCUT2D eigenvalue weighted by molar-refractivity contribution is 5.93. The largest absolute Gasteiger partial charge is 0.395 e. The summed E-state index contributed by atoms with van der Waals surface area (Å²) >= 11 is 0. The highest BCUT2D eigenvalue weighted by Gasteiger charge is 2.19. The van der Waals surface area contributed by atoms with Crippen LogP contribution in [0.25, 0.3) is 10.9 Å². The van der Waals surface area contributed by atoms with Crippen LogP contribution in [0.15, 0.2) is 36.5 Å². The van der Waals surface area contributed by atoms with Crippen LogP contribution in [0.4, 0.5) is 0 Å². The molecule has 0 saturated carbocycles. The van der Waals surface area contributed by atoms with Crippen LogP contribution >= 0.6 is 0 Å². The minimum atomic E-state index is 0.117. The van der Waals surface area contributed by atoms with E-state index in [0.29, 0.717) is 6.54 Å². The smallest absolute Gasteiger partial charge is 0.245 e. The Balaban J connectivity index is 1.62. The van der Waals surface area contributed by atoms with E-state index in [0.717, 1.165) is 43.6 Å². The first-order valence-corrected chi connectivity index (χ1v) is 7.43. The van der Waals surface area contributed by atoms with Gasteiger partial charge in [-0.1, -0.05) is 18.2 Å². The minimum Gasteiger partial charge on any atom is -0.395 e. The van der Waals surface area contributed by atoms with E-state index in [-0.39, 0.29) is 12.5 Å². The van der Waals surface area contributed by atoms with Gasteiger partial charge in [0.05, 0.1) is 18.7 Å². The Morgan fingerprint density at radius 3 is 2.52 bits per heavy atom. The number of piperazine rings is 1. The second kappa shape index (κ2) is 6.39. The summed E-state index contributed by atoms with van der Waals surface area (Å²) < 4.78 is 1.75. The summed E-state index contributed by atoms with van der Waals surface area (Å²) in [7, 11) is 0. The van der Waals surface area contributed by atoms with Crippen molar-refractivity contribution in [2.45, 2.75) is 0 Å². The Morgan fingerprint density at radius 1 is 1.05 bits per heavy atom. The second-order valence-electron chi connectivity index (χ2n) is 5.48. The summed E-state index contributed by atoms with van der Waals surface area (Å²) in [5, 5.41) is 10.0. The molecule has 0 amide bonds. The van der Waals surface area contributed by atoms with Crippen LogP contribution in [0, 0.1) is 0 Å². The summed E-state index contributed by atoms with van der Waals surface area (Å²) in [5.41, 5.74) is 0.974. The molecule has 0 atom stereocenters. The molecule has 1 fully saturated rings. The molecule has 1 aromatic carbocycles. The standard InChI is InChI=1S/C16H21N3O2/c20-12-11-17-7-9-18(10-8-17)13-16(21)19-6-5-14-3-1-2-4-15(14)19/h1-6,20H,7-13H2. The molecule has 0 spiro atoms. The van der Waals surface area contributed by atoms with Crippen LogP contribution in [0.2, 0.25) is 0 Å². The van der Waals surface area contributed by atoms with Crippen LogP contribution in [0.3, 0.4) is 0 Å². The number of aliphatic hydroxyl groups excluding tert-OH is 1. The fourth-order valence-electron chi connectivity index (χ4n) is 2.88. The molecule has 0 bridgehead atoms. The first kappa shape index (κ1) is 14.3. The van der Waals surface area contributed by atoms with Crippen molar-refractivity contribution in [2.24, 2.45) is 0 Å². The Hall–Kier alpha value is -1.69. The molecule has 1 N–H and O–H groups in total. The van der Waals surface area contributed by atoms with Gasteiger partial charge in [-0.25, -0.2) is 0 Å². The number of nitrogens with zero attached hydrogens (tertiary/aromatic N) is 3. The number of carbonyl (C=O) groups is 1. The molecule has 1 aromatic heterocycles. The van der Waals surface area contributed by atoms with Gasteiger partial charge < -0.3 is 5.11 Å². The Kier molecular flexibility index (Phi) is 4.34. The van der Waals surface area contributed by atoms with Crippen LogP contribution < -0.4 is 0 Å². The first-order valence-electron chi connectivity index (χ1n) is 7.43. The molecular weight excluding hydrogens is 266 g/mol. The monoisotopic (exact) mass is 287 g/mol. The lowest BCUT2D eigenvalue weighted by Crippen LogP contribution is -2.49. The highest BCUT2D eigenvalue weighted by Crippen LogP contribution is 2.15. The van der Waals surface area contributed by atoms with Crippen molar-refractivity contribution in [3.05, 3.63) is 36.5 Å². The Morgan fingerprint density at radius 2 is 1.76 bits per heavy atom. The van der Waals surface area contributed by atoms with Crippen molar-refractivity contribution in [3.63, 3.8) is 0 Å². The summed E-state index contributed by atoms with van der Waals surface area (Å²) in [4.78, 5) is 16.9. The molecule has 5 nitrogen and oxygen atoms in total. The van der Waals surface area contributed by atoms with Gasteiger partial charge in [0.1, 0.15) is 0 Å². The molecule has 112 valence electrons. The normalized spacial score (nSPS) is 17.4. The predicted octanol–water partition coefficient (Wildman–Crippen LogP) is 0.891. The molecule has 21 heavy (non-hydrogen) atoms. The van der Waals surface area contributed by atoms with Crippen LogP contribution in [0.5, 0.6) is 0 Å². The molecule has 2 heterocycles. The number of carbonyl (C=O) groups excluding carboxylic acids is 1. The zero-order valence-corrected chi connectivity index (χ0v) is 12.1. The highest BCUT2D eigenvalue weighted by atomic mass is 16.3. The second-order valence-corrected chi connectivity index (χ2v) is 5.48. The molecule has 1 aliphatic heterocycles. The van der Waals surface area contributed by atoms with Gasteiger partial charge in [0.25, 0.3) is 0 Å². The van der Waals surface area contributed by atoms with Gasteiger partial charge in [-0.2, -0.15) is 0 Å². The fraction of sp³-hybridized carbons (Fsp3) is 0.438. The van der Waals surface area contributed by atoms with Crippen molar-refractivity contribution >= 4 is 16.8 Å². The third-order valence-corrected chi connectivity index (χ3v) is 4.11. The van der Waals surface area contributed by atoms with E-state index in [1.54, 1.807) is 4.57 Å². The van der Waals surface area contributed by atoms with Crippen molar-refractivity contribution in [1.29, 1.82) is 0 Å². The molecule has 0 radical (unpaired) electrons. The van der Waals surface area contributed by atoms with E-state index in [2.05, 4.69) is 9.80 Å². The van der Waals surface area contributed by atoms with E-state index < -0.39 is 0 Å². The van der Waals surface area contributed by atoms with Crippen molar-refractivity contribution in [3.8, 4) is 0 Å². The summed E-state index contributed by atoms with van der Waals surface area (Å²) in [6.07, 6.45) is 1.86. The van der Waals surface area contributed by atoms with Crippen LogP contribution in [-0.2, 0) is 0 Å². The molecule has 5 heteroatoms. The number of benzene rings is 1. The molecule has 0 unspecified atom stereocenters. The van der Waals surface area contributed by atoms with E-state index in [4.69, 9.17) is 5.11 Å². The minimum absolute atomic E-state index is 0.117. The third-order valence-electron chi connectivity index (χ3n) is 4.11. The zero-order chi connectivity index (χ0) is 14.7. The third kappa shape index (κ3) is 3.15. The Bertz CT molecular complexity index is 615. The molecule has 1 aliphatic rings. The molecular formula is C16H21N3O2.